The summed E-state index contributed by atoms with van der Waals surface area (Å²) in [7, 11) is 2.07. The molecule has 0 radical (unpaired) electrons. The predicted octanol–water partition coefficient (Wildman–Crippen LogP) is 3.30. The van der Waals surface area contributed by atoms with E-state index in [4.69, 9.17) is 10.5 Å². The number of nitrogens with two attached hydrogens (primary N) is 1. The Bertz CT molecular complexity index is 505. The van der Waals surface area contributed by atoms with E-state index in [0.717, 1.165) is 23.7 Å². The first-order chi connectivity index (χ1) is 9.19. The first-order valence-electron chi connectivity index (χ1n) is 6.47. The zero-order chi connectivity index (χ0) is 13.7. The first kappa shape index (κ1) is 13.3. The molecule has 0 fully saturated rings. The van der Waals surface area contributed by atoms with Crippen molar-refractivity contribution in [3.63, 3.8) is 0 Å². The molecule has 3 heteroatoms. The topological polar surface area (TPSA) is 38.5 Å². The van der Waals surface area contributed by atoms with Gasteiger partial charge in [-0.1, -0.05) is 12.1 Å². The number of nitrogens with zero attached hydrogens (tertiary/aromatic N) is 1. The van der Waals surface area contributed by atoms with E-state index >= 15 is 0 Å². The number of nitrogen functional groups attached to an aromatic ring is 1. The summed E-state index contributed by atoms with van der Waals surface area (Å²) in [5.74, 6) is 0.918. The Balaban J connectivity index is 2.01. The molecule has 0 aliphatic carbocycles. The van der Waals surface area contributed by atoms with Gasteiger partial charge in [-0.05, 0) is 48.9 Å². The van der Waals surface area contributed by atoms with Crippen molar-refractivity contribution in [3.05, 3.63) is 54.1 Å². The molecule has 0 spiro atoms. The van der Waals surface area contributed by atoms with Crippen LogP contribution in [-0.2, 0) is 6.54 Å². The van der Waals surface area contributed by atoms with E-state index in [-0.39, 0.29) is 0 Å². The van der Waals surface area contributed by atoms with Gasteiger partial charge in [0.25, 0.3) is 0 Å². The Morgan fingerprint density at radius 2 is 1.63 bits per heavy atom. The molecule has 0 amide bonds. The molecule has 0 aromatic heterocycles. The van der Waals surface area contributed by atoms with Crippen LogP contribution in [0.15, 0.2) is 48.5 Å². The molecule has 0 saturated heterocycles. The van der Waals surface area contributed by atoms with Crippen molar-refractivity contribution in [2.75, 3.05) is 24.3 Å². The molecule has 0 aliphatic rings. The molecule has 0 bridgehead atoms. The normalized spacial score (nSPS) is 10.2. The van der Waals surface area contributed by atoms with Crippen molar-refractivity contribution in [2.24, 2.45) is 0 Å². The molecule has 0 atom stereocenters. The Morgan fingerprint density at radius 1 is 1.00 bits per heavy atom. The minimum atomic E-state index is 0.699. The molecule has 19 heavy (non-hydrogen) atoms. The minimum Gasteiger partial charge on any atom is -0.494 e. The van der Waals surface area contributed by atoms with Gasteiger partial charge in [-0.3, -0.25) is 0 Å². The summed E-state index contributed by atoms with van der Waals surface area (Å²) in [6, 6.07) is 16.1. The fraction of sp³-hybridized carbons (Fsp3) is 0.250. The van der Waals surface area contributed by atoms with Crippen molar-refractivity contribution < 1.29 is 4.74 Å². The highest BCUT2D eigenvalue weighted by atomic mass is 16.5. The quantitative estimate of drug-likeness (QED) is 0.834. The smallest absolute Gasteiger partial charge is 0.119 e. The number of rotatable bonds is 5. The Hall–Kier alpha value is -2.16. The van der Waals surface area contributed by atoms with Crippen LogP contribution in [0.3, 0.4) is 0 Å². The highest BCUT2D eigenvalue weighted by Crippen LogP contribution is 2.18. The molecule has 2 N–H and O–H groups in total. The van der Waals surface area contributed by atoms with Gasteiger partial charge in [-0.2, -0.15) is 0 Å². The van der Waals surface area contributed by atoms with Crippen LogP contribution in [0, 0.1) is 0 Å². The number of anilines is 2. The molecular weight excluding hydrogens is 236 g/mol. The lowest BCUT2D eigenvalue weighted by atomic mass is 10.2. The van der Waals surface area contributed by atoms with Crippen LogP contribution in [0.25, 0.3) is 0 Å². The highest BCUT2D eigenvalue weighted by Gasteiger charge is 2.02. The summed E-state index contributed by atoms with van der Waals surface area (Å²) >= 11 is 0. The maximum atomic E-state index is 5.69. The van der Waals surface area contributed by atoms with Gasteiger partial charge in [-0.15, -0.1) is 0 Å². The van der Waals surface area contributed by atoms with Gasteiger partial charge < -0.3 is 15.4 Å². The molecule has 2 aromatic rings. The van der Waals surface area contributed by atoms with Crippen LogP contribution >= 0.6 is 0 Å². The number of ether oxygens (including phenoxy) is 1. The third-order valence-electron chi connectivity index (χ3n) is 2.99. The average Bonchev–Trinajstić information content (AvgIpc) is 2.42. The van der Waals surface area contributed by atoms with E-state index in [2.05, 4.69) is 24.1 Å². The van der Waals surface area contributed by atoms with Crippen LogP contribution in [0.4, 0.5) is 11.4 Å². The Kier molecular flexibility index (Phi) is 4.29. The number of hydrogen-bond donors (Lipinski definition) is 1. The minimum absolute atomic E-state index is 0.699. The van der Waals surface area contributed by atoms with E-state index in [9.17, 15) is 0 Å². The van der Waals surface area contributed by atoms with Gasteiger partial charge in [0, 0.05) is 25.0 Å². The maximum absolute atomic E-state index is 5.69. The van der Waals surface area contributed by atoms with Crippen LogP contribution in [0.2, 0.25) is 0 Å². The molecule has 0 unspecified atom stereocenters. The Morgan fingerprint density at radius 3 is 2.21 bits per heavy atom. The first-order valence-corrected chi connectivity index (χ1v) is 6.47. The second-order valence-corrected chi connectivity index (χ2v) is 4.52. The van der Waals surface area contributed by atoms with Gasteiger partial charge in [0.05, 0.1) is 6.61 Å². The van der Waals surface area contributed by atoms with Crippen molar-refractivity contribution in [1.29, 1.82) is 0 Å². The summed E-state index contributed by atoms with van der Waals surface area (Å²) < 4.78 is 5.44. The summed E-state index contributed by atoms with van der Waals surface area (Å²) in [5.41, 5.74) is 8.89. The van der Waals surface area contributed by atoms with Crippen molar-refractivity contribution in [1.82, 2.24) is 0 Å². The van der Waals surface area contributed by atoms with E-state index in [1.807, 2.05) is 43.3 Å². The van der Waals surface area contributed by atoms with Crippen LogP contribution in [-0.4, -0.2) is 13.7 Å². The van der Waals surface area contributed by atoms with Gasteiger partial charge in [-0.25, -0.2) is 0 Å². The van der Waals surface area contributed by atoms with Crippen molar-refractivity contribution >= 4 is 11.4 Å². The second-order valence-electron chi connectivity index (χ2n) is 4.52. The maximum Gasteiger partial charge on any atom is 0.119 e. The van der Waals surface area contributed by atoms with E-state index in [1.165, 1.54) is 5.56 Å². The molecule has 0 aliphatic heterocycles. The molecule has 2 aromatic carbocycles. The predicted molar refractivity (Wildman–Crippen MR) is 80.6 cm³/mol. The van der Waals surface area contributed by atoms with E-state index < -0.39 is 0 Å². The van der Waals surface area contributed by atoms with Crippen LogP contribution in [0.1, 0.15) is 12.5 Å². The van der Waals surface area contributed by atoms with Gasteiger partial charge in [0.2, 0.25) is 0 Å². The Labute approximate surface area is 114 Å². The zero-order valence-electron chi connectivity index (χ0n) is 11.5. The van der Waals surface area contributed by atoms with Gasteiger partial charge in [0.1, 0.15) is 5.75 Å². The molecule has 100 valence electrons. The fourth-order valence-corrected chi connectivity index (χ4v) is 1.95. The molecular formula is C16H20N2O. The number of hydrogen-bond acceptors (Lipinski definition) is 3. The summed E-state index contributed by atoms with van der Waals surface area (Å²) in [4.78, 5) is 2.19. The third-order valence-corrected chi connectivity index (χ3v) is 2.99. The average molecular weight is 256 g/mol. The molecule has 0 heterocycles. The summed E-state index contributed by atoms with van der Waals surface area (Å²) in [5, 5.41) is 0. The lowest BCUT2D eigenvalue weighted by Gasteiger charge is -2.19. The molecule has 2 rings (SSSR count). The van der Waals surface area contributed by atoms with Crippen LogP contribution in [0.5, 0.6) is 5.75 Å². The number of benzene rings is 2. The van der Waals surface area contributed by atoms with Crippen LogP contribution < -0.4 is 15.4 Å². The van der Waals surface area contributed by atoms with Crippen molar-refractivity contribution in [3.8, 4) is 5.75 Å². The second kappa shape index (κ2) is 6.14. The molecule has 3 nitrogen and oxygen atoms in total. The standard InChI is InChI=1S/C16H20N2O/c1-3-19-16-10-4-13(5-11-16)12-18(2)15-8-6-14(17)7-9-15/h4-11H,3,12,17H2,1-2H3. The van der Waals surface area contributed by atoms with E-state index in [1.54, 1.807) is 0 Å². The van der Waals surface area contributed by atoms with E-state index in [0.29, 0.717) is 6.61 Å². The largest absolute Gasteiger partial charge is 0.494 e. The highest BCUT2D eigenvalue weighted by molar-refractivity contribution is 5.52. The SMILES string of the molecule is CCOc1ccc(CN(C)c2ccc(N)cc2)cc1. The monoisotopic (exact) mass is 256 g/mol. The van der Waals surface area contributed by atoms with Crippen molar-refractivity contribution in [2.45, 2.75) is 13.5 Å². The lowest BCUT2D eigenvalue weighted by molar-refractivity contribution is 0.340. The third kappa shape index (κ3) is 3.65. The van der Waals surface area contributed by atoms with Gasteiger partial charge in [0.15, 0.2) is 0 Å². The summed E-state index contributed by atoms with van der Waals surface area (Å²) in [6.07, 6.45) is 0. The fourth-order valence-electron chi connectivity index (χ4n) is 1.95. The zero-order valence-corrected chi connectivity index (χ0v) is 11.5. The lowest BCUT2D eigenvalue weighted by Crippen LogP contribution is -2.16. The molecule has 0 saturated carbocycles. The van der Waals surface area contributed by atoms with Gasteiger partial charge >= 0.3 is 0 Å². The summed E-state index contributed by atoms with van der Waals surface area (Å²) in [6.45, 7) is 3.55.